The van der Waals surface area contributed by atoms with Crippen LogP contribution in [-0.2, 0) is 4.74 Å². The van der Waals surface area contributed by atoms with Gasteiger partial charge in [-0.25, -0.2) is 4.79 Å². The number of hydrogen-bond donors (Lipinski definition) is 2. The van der Waals surface area contributed by atoms with Crippen molar-refractivity contribution in [2.45, 2.75) is 143 Å². The highest BCUT2D eigenvalue weighted by atomic mass is 16.6. The number of hydrogen-bond acceptors (Lipinski definition) is 3. The molecule has 4 heteroatoms. The van der Waals surface area contributed by atoms with Crippen molar-refractivity contribution in [1.29, 1.82) is 0 Å². The molecule has 0 fully saturated rings. The minimum Gasteiger partial charge on any atom is -0.447 e. The molecule has 0 radical (unpaired) electrons. The van der Waals surface area contributed by atoms with Crippen LogP contribution in [0.1, 0.15) is 130 Å². The van der Waals surface area contributed by atoms with Crippen molar-refractivity contribution in [1.82, 2.24) is 0 Å². The first-order chi connectivity index (χ1) is 12.9. The fraction of sp³-hybridized carbons (Fsp3) is 0.957. The molecular formula is C23H50N2O2. The second-order valence-electron chi connectivity index (χ2n) is 8.04. The van der Waals surface area contributed by atoms with Crippen molar-refractivity contribution in [2.24, 2.45) is 11.5 Å². The summed E-state index contributed by atoms with van der Waals surface area (Å²) in [6.45, 7) is 8.47. The van der Waals surface area contributed by atoms with Gasteiger partial charge in [-0.3, -0.25) is 0 Å². The molecule has 0 saturated heterocycles. The lowest BCUT2D eigenvalue weighted by Crippen LogP contribution is -2.20. The Bertz CT molecular complexity index is 296. The zero-order valence-electron chi connectivity index (χ0n) is 18.9. The van der Waals surface area contributed by atoms with Crippen LogP contribution in [0.5, 0.6) is 0 Å². The van der Waals surface area contributed by atoms with E-state index in [1.807, 2.05) is 6.92 Å². The molecule has 2 atom stereocenters. The average molecular weight is 387 g/mol. The molecule has 0 heterocycles. The Kier molecular flexibility index (Phi) is 24.5. The average Bonchev–Trinajstić information content (AvgIpc) is 2.60. The summed E-state index contributed by atoms with van der Waals surface area (Å²) in [6, 6.07) is 0.403. The van der Waals surface area contributed by atoms with E-state index in [-0.39, 0.29) is 6.10 Å². The lowest BCUT2D eigenvalue weighted by molar-refractivity contribution is 0.110. The molecule has 0 aliphatic carbocycles. The number of primary amides is 1. The predicted molar refractivity (Wildman–Crippen MR) is 119 cm³/mol. The van der Waals surface area contributed by atoms with Crippen LogP contribution in [0, 0.1) is 0 Å². The van der Waals surface area contributed by atoms with Crippen LogP contribution < -0.4 is 11.5 Å². The van der Waals surface area contributed by atoms with Crippen molar-refractivity contribution < 1.29 is 9.53 Å². The van der Waals surface area contributed by atoms with Gasteiger partial charge in [0.2, 0.25) is 0 Å². The summed E-state index contributed by atoms with van der Waals surface area (Å²) in [5, 5.41) is 0. The predicted octanol–water partition coefficient (Wildman–Crippen LogP) is 7.09. The zero-order valence-corrected chi connectivity index (χ0v) is 18.9. The van der Waals surface area contributed by atoms with Crippen LogP contribution in [0.4, 0.5) is 4.79 Å². The number of ether oxygens (including phenoxy) is 1. The normalized spacial score (nSPS) is 12.8. The SMILES string of the molecule is CCCCCCCCCC(C)N.CCCCCCCCCC(C)OC(N)=O. The molecule has 4 N–H and O–H groups in total. The third kappa shape index (κ3) is 30.2. The first-order valence-electron chi connectivity index (χ1n) is 11.7. The fourth-order valence-corrected chi connectivity index (χ4v) is 3.07. The van der Waals surface area contributed by atoms with Crippen LogP contribution in [0.2, 0.25) is 0 Å². The van der Waals surface area contributed by atoms with Gasteiger partial charge in [-0.1, -0.05) is 97.3 Å². The second kappa shape index (κ2) is 23.3. The second-order valence-corrected chi connectivity index (χ2v) is 8.04. The van der Waals surface area contributed by atoms with Gasteiger partial charge in [-0.15, -0.1) is 0 Å². The first-order valence-corrected chi connectivity index (χ1v) is 11.7. The monoisotopic (exact) mass is 386 g/mol. The Morgan fingerprint density at radius 1 is 0.704 bits per heavy atom. The van der Waals surface area contributed by atoms with Gasteiger partial charge in [0.05, 0.1) is 0 Å². The molecule has 0 aliphatic heterocycles. The highest BCUT2D eigenvalue weighted by Gasteiger charge is 2.04. The Balaban J connectivity index is 0. The minimum absolute atomic E-state index is 0.0295. The van der Waals surface area contributed by atoms with Crippen LogP contribution in [-0.4, -0.2) is 18.2 Å². The molecule has 0 aromatic heterocycles. The number of rotatable bonds is 17. The molecular weight excluding hydrogens is 336 g/mol. The highest BCUT2D eigenvalue weighted by Crippen LogP contribution is 2.11. The fourth-order valence-electron chi connectivity index (χ4n) is 3.07. The Labute approximate surface area is 170 Å². The molecule has 164 valence electrons. The van der Waals surface area contributed by atoms with E-state index in [2.05, 4.69) is 20.8 Å². The molecule has 0 spiro atoms. The van der Waals surface area contributed by atoms with E-state index in [1.54, 1.807) is 0 Å². The lowest BCUT2D eigenvalue weighted by atomic mass is 10.1. The van der Waals surface area contributed by atoms with E-state index in [0.717, 1.165) is 12.8 Å². The topological polar surface area (TPSA) is 78.3 Å². The smallest absolute Gasteiger partial charge is 0.404 e. The molecule has 2 unspecified atom stereocenters. The quantitative estimate of drug-likeness (QED) is 0.262. The Morgan fingerprint density at radius 2 is 1.07 bits per heavy atom. The van der Waals surface area contributed by atoms with Crippen molar-refractivity contribution >= 4 is 6.09 Å². The molecule has 0 rings (SSSR count). The minimum atomic E-state index is -0.662. The molecule has 0 aromatic rings. The van der Waals surface area contributed by atoms with Gasteiger partial charge in [0, 0.05) is 6.04 Å². The molecule has 4 nitrogen and oxygen atoms in total. The van der Waals surface area contributed by atoms with E-state index in [9.17, 15) is 4.79 Å². The van der Waals surface area contributed by atoms with Gasteiger partial charge in [0.15, 0.2) is 0 Å². The van der Waals surface area contributed by atoms with Crippen LogP contribution in [0.3, 0.4) is 0 Å². The van der Waals surface area contributed by atoms with E-state index in [4.69, 9.17) is 16.2 Å². The molecule has 0 saturated carbocycles. The van der Waals surface area contributed by atoms with Gasteiger partial charge >= 0.3 is 6.09 Å². The zero-order chi connectivity index (χ0) is 20.8. The van der Waals surface area contributed by atoms with Crippen molar-refractivity contribution in [2.75, 3.05) is 0 Å². The largest absolute Gasteiger partial charge is 0.447 e. The first kappa shape index (κ1) is 28.4. The lowest BCUT2D eigenvalue weighted by Gasteiger charge is -2.10. The molecule has 0 aromatic carbocycles. The van der Waals surface area contributed by atoms with Crippen molar-refractivity contribution in [3.05, 3.63) is 0 Å². The van der Waals surface area contributed by atoms with E-state index in [0.29, 0.717) is 6.04 Å². The van der Waals surface area contributed by atoms with Crippen LogP contribution in [0.15, 0.2) is 0 Å². The van der Waals surface area contributed by atoms with Gasteiger partial charge in [0.25, 0.3) is 0 Å². The van der Waals surface area contributed by atoms with Crippen LogP contribution >= 0.6 is 0 Å². The summed E-state index contributed by atoms with van der Waals surface area (Å²) in [6.07, 6.45) is 20.1. The number of carbonyl (C=O) groups excluding carboxylic acids is 1. The van der Waals surface area contributed by atoms with E-state index < -0.39 is 6.09 Å². The Morgan fingerprint density at radius 3 is 1.44 bits per heavy atom. The van der Waals surface area contributed by atoms with E-state index in [1.165, 1.54) is 89.9 Å². The maximum absolute atomic E-state index is 10.4. The number of amides is 1. The highest BCUT2D eigenvalue weighted by molar-refractivity contribution is 5.64. The number of unbranched alkanes of at least 4 members (excludes halogenated alkanes) is 12. The van der Waals surface area contributed by atoms with Gasteiger partial charge < -0.3 is 16.2 Å². The van der Waals surface area contributed by atoms with Crippen molar-refractivity contribution in [3.8, 4) is 0 Å². The standard InChI is InChI=1S/C12H25NO2.C11H25N/c1-3-4-5-6-7-8-9-10-11(2)15-12(13)14;1-3-4-5-6-7-8-9-10-11(2)12/h11H,3-10H2,1-2H3,(H2,13,14);11H,3-10,12H2,1-2H3. The van der Waals surface area contributed by atoms with Crippen molar-refractivity contribution in [3.63, 3.8) is 0 Å². The summed E-state index contributed by atoms with van der Waals surface area (Å²) in [5.74, 6) is 0. The van der Waals surface area contributed by atoms with E-state index >= 15 is 0 Å². The summed E-state index contributed by atoms with van der Waals surface area (Å²) in [4.78, 5) is 10.4. The third-order valence-electron chi connectivity index (χ3n) is 4.79. The van der Waals surface area contributed by atoms with Gasteiger partial charge in [-0.05, 0) is 33.1 Å². The number of carbonyl (C=O) groups is 1. The number of nitrogens with two attached hydrogens (primary N) is 2. The van der Waals surface area contributed by atoms with Crippen LogP contribution in [0.25, 0.3) is 0 Å². The Hall–Kier alpha value is -0.770. The molecule has 1 amide bonds. The summed E-state index contributed by atoms with van der Waals surface area (Å²) < 4.78 is 4.83. The van der Waals surface area contributed by atoms with Gasteiger partial charge in [-0.2, -0.15) is 0 Å². The summed E-state index contributed by atoms with van der Waals surface area (Å²) >= 11 is 0. The summed E-state index contributed by atoms with van der Waals surface area (Å²) in [7, 11) is 0. The summed E-state index contributed by atoms with van der Waals surface area (Å²) in [5.41, 5.74) is 10.6. The maximum atomic E-state index is 10.4. The maximum Gasteiger partial charge on any atom is 0.404 e. The molecule has 0 aliphatic rings. The molecule has 0 bridgehead atoms. The molecule has 27 heavy (non-hydrogen) atoms. The van der Waals surface area contributed by atoms with Gasteiger partial charge in [0.1, 0.15) is 6.10 Å². The third-order valence-corrected chi connectivity index (χ3v) is 4.79.